The average molecular weight is 799 g/mol. The van der Waals surface area contributed by atoms with Crippen LogP contribution in [0.15, 0.2) is 121 Å². The lowest BCUT2D eigenvalue weighted by Crippen LogP contribution is -2.50. The molecule has 1 N–H and O–H groups in total. The van der Waals surface area contributed by atoms with Crippen molar-refractivity contribution in [3.8, 4) is 33.4 Å². The monoisotopic (exact) mass is 799 g/mol. The number of benzene rings is 6. The molecule has 0 spiro atoms. The summed E-state index contributed by atoms with van der Waals surface area (Å²) in [6, 6.07) is 44.8. The van der Waals surface area contributed by atoms with E-state index < -0.39 is 0 Å². The lowest BCUT2D eigenvalue weighted by Gasteiger charge is -2.45. The normalized spacial score (nSPS) is 20.6. The summed E-state index contributed by atoms with van der Waals surface area (Å²) in [5.74, 6) is 0. The van der Waals surface area contributed by atoms with Crippen LogP contribution in [0.2, 0.25) is 0 Å². The van der Waals surface area contributed by atoms with E-state index in [-0.39, 0.29) is 16.4 Å². The fourth-order valence-corrected chi connectivity index (χ4v) is 12.3. The molecule has 2 aliphatic heterocycles. The molecule has 6 aromatic rings. The van der Waals surface area contributed by atoms with Crippen LogP contribution in [0.1, 0.15) is 132 Å². The molecule has 0 saturated heterocycles. The zero-order chi connectivity index (χ0) is 42.3. The molecule has 308 valence electrons. The quantitative estimate of drug-likeness (QED) is 0.147. The molecule has 0 amide bonds. The topological polar surface area (TPSA) is 15.3 Å². The van der Waals surface area contributed by atoms with Crippen molar-refractivity contribution in [2.75, 3.05) is 10.2 Å². The van der Waals surface area contributed by atoms with Crippen LogP contribution in [0.4, 0.5) is 17.1 Å². The molecule has 10 rings (SSSR count). The lowest BCUT2D eigenvalue weighted by atomic mass is 9.54. The molecule has 4 aliphatic rings. The summed E-state index contributed by atoms with van der Waals surface area (Å²) in [5.41, 5.74) is 26.2. The van der Waals surface area contributed by atoms with Crippen molar-refractivity contribution in [3.63, 3.8) is 0 Å². The maximum Gasteiger partial charge on any atom is 0.198 e. The number of hydrogen-bond donors (Lipinski definition) is 1. The summed E-state index contributed by atoms with van der Waals surface area (Å²) in [7, 11) is 0.875. The van der Waals surface area contributed by atoms with Gasteiger partial charge in [-0.1, -0.05) is 162 Å². The summed E-state index contributed by atoms with van der Waals surface area (Å²) < 4.78 is 0. The van der Waals surface area contributed by atoms with Crippen LogP contribution in [0.5, 0.6) is 0 Å². The second-order valence-corrected chi connectivity index (χ2v) is 19.9. The highest BCUT2D eigenvalue weighted by Crippen LogP contribution is 2.60. The van der Waals surface area contributed by atoms with Crippen molar-refractivity contribution < 1.29 is 0 Å². The fourth-order valence-electron chi connectivity index (χ4n) is 12.3. The van der Waals surface area contributed by atoms with Gasteiger partial charge in [0, 0.05) is 44.6 Å². The van der Waals surface area contributed by atoms with Crippen molar-refractivity contribution >= 4 is 35.3 Å². The van der Waals surface area contributed by atoms with Crippen LogP contribution < -0.4 is 15.7 Å². The SMILES string of the molecule is CCCCc1ccc(N2C(C)=C(c3ccccc3CCC)Bc3c(-c4cc(C)cc5c4NC4(C)CCCCC54C)cc4c(c32)C(C)(C)c2ccccc2-4)c(-c2ccccc2)c1. The molecular formula is C58H63BN2. The highest BCUT2D eigenvalue weighted by molar-refractivity contribution is 6.77. The number of rotatable bonds is 9. The van der Waals surface area contributed by atoms with E-state index in [0.717, 1.165) is 26.5 Å². The van der Waals surface area contributed by atoms with Crippen molar-refractivity contribution in [1.29, 1.82) is 0 Å². The molecule has 2 aliphatic carbocycles. The standard InChI is InChI=1S/C58H63BN2/c1-9-11-22-39-29-30-50(44(35-39)41-23-13-12-14-24-41)61-38(4)52(42-26-16-15-25-40(42)21-10-2)59-53-46(36-45-43-27-17-18-28-48(43)56(5,6)51(45)55(53)61)47-33-37(3)34-49-54(47)60-58(8)32-20-19-31-57(49,58)7/h12-18,23-30,33-36,59-60H,9-11,19-22,31-32H2,1-8H3. The van der Waals surface area contributed by atoms with Gasteiger partial charge in [0.05, 0.1) is 5.69 Å². The van der Waals surface area contributed by atoms with Crippen molar-refractivity contribution in [2.24, 2.45) is 0 Å². The Morgan fingerprint density at radius 2 is 1.38 bits per heavy atom. The Kier molecular flexibility index (Phi) is 9.78. The minimum atomic E-state index is -0.207. The summed E-state index contributed by atoms with van der Waals surface area (Å²) in [6.45, 7) is 19.4. The molecule has 6 aromatic carbocycles. The third-order valence-corrected chi connectivity index (χ3v) is 15.7. The maximum atomic E-state index is 4.31. The largest absolute Gasteiger partial charge is 0.378 e. The van der Waals surface area contributed by atoms with Gasteiger partial charge in [-0.05, 0) is 138 Å². The smallest absolute Gasteiger partial charge is 0.198 e. The third kappa shape index (κ3) is 6.12. The van der Waals surface area contributed by atoms with Gasteiger partial charge in [0.25, 0.3) is 0 Å². The van der Waals surface area contributed by atoms with Gasteiger partial charge in [-0.3, -0.25) is 0 Å². The van der Waals surface area contributed by atoms with Gasteiger partial charge < -0.3 is 10.2 Å². The lowest BCUT2D eigenvalue weighted by molar-refractivity contribution is 0.214. The van der Waals surface area contributed by atoms with Crippen LogP contribution >= 0.6 is 0 Å². The van der Waals surface area contributed by atoms with E-state index in [1.54, 1.807) is 0 Å². The van der Waals surface area contributed by atoms with E-state index in [1.165, 1.54) is 145 Å². The number of allylic oxidation sites excluding steroid dienone is 1. The zero-order valence-corrected chi connectivity index (χ0v) is 38.0. The van der Waals surface area contributed by atoms with Crippen LogP contribution in [-0.4, -0.2) is 12.8 Å². The van der Waals surface area contributed by atoms with E-state index in [4.69, 9.17) is 0 Å². The summed E-state index contributed by atoms with van der Waals surface area (Å²) in [4.78, 5) is 2.74. The Morgan fingerprint density at radius 3 is 2.16 bits per heavy atom. The Hall–Kier alpha value is -5.28. The molecular weight excluding hydrogens is 735 g/mol. The van der Waals surface area contributed by atoms with Gasteiger partial charge in [0.2, 0.25) is 0 Å². The second-order valence-electron chi connectivity index (χ2n) is 19.9. The molecule has 2 unspecified atom stereocenters. The Bertz CT molecular complexity index is 2740. The zero-order valence-electron chi connectivity index (χ0n) is 38.0. The molecule has 2 atom stereocenters. The molecule has 0 bridgehead atoms. The third-order valence-electron chi connectivity index (χ3n) is 15.7. The number of unbranched alkanes of at least 4 members (excludes halogenated alkanes) is 1. The molecule has 2 heterocycles. The first-order valence-electron chi connectivity index (χ1n) is 23.5. The molecule has 0 aromatic heterocycles. The predicted molar refractivity (Wildman–Crippen MR) is 264 cm³/mol. The van der Waals surface area contributed by atoms with Crippen LogP contribution in [0.25, 0.3) is 38.9 Å². The Balaban J connectivity index is 1.34. The number of nitrogens with one attached hydrogen (secondary N) is 1. The number of fused-ring (bicyclic) bond motifs is 8. The Morgan fingerprint density at radius 1 is 0.639 bits per heavy atom. The van der Waals surface area contributed by atoms with E-state index in [0.29, 0.717) is 0 Å². The van der Waals surface area contributed by atoms with Gasteiger partial charge in [0.15, 0.2) is 7.28 Å². The van der Waals surface area contributed by atoms with Gasteiger partial charge >= 0.3 is 0 Å². The van der Waals surface area contributed by atoms with Gasteiger partial charge in [0.1, 0.15) is 0 Å². The van der Waals surface area contributed by atoms with Gasteiger partial charge in [-0.25, -0.2) is 0 Å². The maximum absolute atomic E-state index is 4.31. The molecule has 3 heteroatoms. The summed E-state index contributed by atoms with van der Waals surface area (Å²) in [6.07, 6.45) is 10.6. The van der Waals surface area contributed by atoms with E-state index in [9.17, 15) is 0 Å². The number of anilines is 3. The van der Waals surface area contributed by atoms with Crippen LogP contribution in [0, 0.1) is 6.92 Å². The van der Waals surface area contributed by atoms with E-state index in [2.05, 4.69) is 181 Å². The van der Waals surface area contributed by atoms with Crippen molar-refractivity contribution in [2.45, 2.75) is 130 Å². The number of hydrogen-bond acceptors (Lipinski definition) is 2. The first kappa shape index (κ1) is 39.8. The number of aryl methyl sites for hydroxylation is 3. The van der Waals surface area contributed by atoms with Crippen molar-refractivity contribution in [3.05, 3.63) is 160 Å². The first-order chi connectivity index (χ1) is 29.5. The molecule has 1 fully saturated rings. The molecule has 2 nitrogen and oxygen atoms in total. The summed E-state index contributed by atoms with van der Waals surface area (Å²) >= 11 is 0. The first-order valence-corrected chi connectivity index (χ1v) is 23.5. The van der Waals surface area contributed by atoms with Crippen LogP contribution in [-0.2, 0) is 23.7 Å². The van der Waals surface area contributed by atoms with E-state index >= 15 is 0 Å². The van der Waals surface area contributed by atoms with Gasteiger partial charge in [-0.15, -0.1) is 0 Å². The number of nitrogens with zero attached hydrogens (tertiary/aromatic N) is 1. The second kappa shape index (κ2) is 15.0. The fraction of sp³-hybridized carbons (Fsp3) is 0.345. The minimum Gasteiger partial charge on any atom is -0.378 e. The predicted octanol–water partition coefficient (Wildman–Crippen LogP) is 14.5. The highest BCUT2D eigenvalue weighted by atomic mass is 15.2. The molecule has 1 saturated carbocycles. The van der Waals surface area contributed by atoms with Crippen LogP contribution in [0.3, 0.4) is 0 Å². The van der Waals surface area contributed by atoms with Gasteiger partial charge in [-0.2, -0.15) is 0 Å². The Labute approximate surface area is 366 Å². The average Bonchev–Trinajstić information content (AvgIpc) is 3.65. The highest BCUT2D eigenvalue weighted by Gasteiger charge is 2.54. The molecule has 0 radical (unpaired) electrons. The molecule has 61 heavy (non-hydrogen) atoms. The summed E-state index contributed by atoms with van der Waals surface area (Å²) in [5, 5.41) is 4.31. The van der Waals surface area contributed by atoms with Crippen molar-refractivity contribution in [1.82, 2.24) is 0 Å². The van der Waals surface area contributed by atoms with E-state index in [1.807, 2.05) is 0 Å². The minimum absolute atomic E-state index is 0.0262.